The van der Waals surface area contributed by atoms with E-state index in [9.17, 15) is 13.2 Å². The predicted molar refractivity (Wildman–Crippen MR) is 109 cm³/mol. The lowest BCUT2D eigenvalue weighted by molar-refractivity contribution is -0.137. The molecule has 0 saturated carbocycles. The van der Waals surface area contributed by atoms with Crippen LogP contribution in [0.2, 0.25) is 0 Å². The first-order valence-electron chi connectivity index (χ1n) is 9.45. The number of aryl methyl sites for hydroxylation is 2. The second kappa shape index (κ2) is 7.19. The lowest BCUT2D eigenvalue weighted by Crippen LogP contribution is -2.08. The van der Waals surface area contributed by atoms with Gasteiger partial charge in [-0.1, -0.05) is 18.2 Å². The van der Waals surface area contributed by atoms with Gasteiger partial charge in [0.05, 0.1) is 17.7 Å². The molecule has 150 valence electrons. The highest BCUT2D eigenvalue weighted by molar-refractivity contribution is 6.14. The minimum absolute atomic E-state index is 0.178. The molecule has 4 rings (SSSR count). The van der Waals surface area contributed by atoms with Gasteiger partial charge in [0.25, 0.3) is 0 Å². The van der Waals surface area contributed by atoms with E-state index < -0.39 is 11.7 Å². The highest BCUT2D eigenvalue weighted by Crippen LogP contribution is 2.42. The van der Waals surface area contributed by atoms with Crippen molar-refractivity contribution in [3.8, 4) is 11.1 Å². The van der Waals surface area contributed by atoms with E-state index in [1.54, 1.807) is 6.20 Å². The van der Waals surface area contributed by atoms with Crippen LogP contribution in [0, 0.1) is 13.8 Å². The van der Waals surface area contributed by atoms with Crippen molar-refractivity contribution in [3.05, 3.63) is 64.8 Å². The molecule has 4 aromatic rings. The second-order valence-corrected chi connectivity index (χ2v) is 7.22. The zero-order chi connectivity index (χ0) is 20.8. The Morgan fingerprint density at radius 3 is 2.62 bits per heavy atom. The quantitative estimate of drug-likeness (QED) is 0.423. The summed E-state index contributed by atoms with van der Waals surface area (Å²) in [5.74, 6) is 0. The lowest BCUT2D eigenvalue weighted by Gasteiger charge is -2.15. The van der Waals surface area contributed by atoms with Crippen LogP contribution in [0.3, 0.4) is 0 Å². The molecule has 3 nitrogen and oxygen atoms in total. The smallest absolute Gasteiger partial charge is 0.377 e. The molecule has 0 bridgehead atoms. The Balaban J connectivity index is 2.07. The van der Waals surface area contributed by atoms with Gasteiger partial charge in [0.1, 0.15) is 5.65 Å². The minimum atomic E-state index is -4.45. The van der Waals surface area contributed by atoms with Crippen LogP contribution >= 0.6 is 0 Å². The summed E-state index contributed by atoms with van der Waals surface area (Å²) in [6.07, 6.45) is -2.74. The van der Waals surface area contributed by atoms with Crippen molar-refractivity contribution in [3.63, 3.8) is 0 Å². The van der Waals surface area contributed by atoms with Crippen LogP contribution in [0.5, 0.6) is 0 Å². The molecule has 2 aromatic heterocycles. The van der Waals surface area contributed by atoms with E-state index in [-0.39, 0.29) is 5.56 Å². The average molecular weight is 398 g/mol. The number of halogens is 3. The Kier molecular flexibility index (Phi) is 4.82. The molecule has 0 amide bonds. The largest absolute Gasteiger partial charge is 0.416 e. The van der Waals surface area contributed by atoms with E-state index in [1.807, 2.05) is 44.2 Å². The first kappa shape index (κ1) is 19.5. The maximum atomic E-state index is 13.8. The van der Waals surface area contributed by atoms with Gasteiger partial charge in [-0.3, -0.25) is 0 Å². The Morgan fingerprint density at radius 1 is 1.10 bits per heavy atom. The third-order valence-electron chi connectivity index (χ3n) is 5.14. The molecule has 0 unspecified atom stereocenters. The molecule has 0 atom stereocenters. The Bertz CT molecular complexity index is 1210. The number of nitrogens with zero attached hydrogens (tertiary/aromatic N) is 1. The summed E-state index contributed by atoms with van der Waals surface area (Å²) < 4.78 is 46.8. The van der Waals surface area contributed by atoms with Gasteiger partial charge in [0.15, 0.2) is 0 Å². The Labute approximate surface area is 166 Å². The molecule has 2 aromatic carbocycles. The van der Waals surface area contributed by atoms with Gasteiger partial charge in [-0.25, -0.2) is 4.98 Å². The minimum Gasteiger partial charge on any atom is -0.377 e. The van der Waals surface area contributed by atoms with E-state index in [2.05, 4.69) is 9.97 Å². The van der Waals surface area contributed by atoms with E-state index in [4.69, 9.17) is 4.74 Å². The monoisotopic (exact) mass is 398 g/mol. The highest BCUT2D eigenvalue weighted by atomic mass is 19.4. The normalized spacial score (nSPS) is 12.2. The molecule has 0 aliphatic heterocycles. The zero-order valence-corrected chi connectivity index (χ0v) is 16.4. The number of alkyl halides is 3. The maximum absolute atomic E-state index is 13.8. The van der Waals surface area contributed by atoms with E-state index in [1.165, 1.54) is 13.0 Å². The second-order valence-electron chi connectivity index (χ2n) is 7.22. The fourth-order valence-corrected chi connectivity index (χ4v) is 3.77. The SMILES string of the molecule is CCOCc1cccc(-c2cc(C(F)(F)F)c(C)c3[nH]c4ncc(C)cc4c23)c1. The van der Waals surface area contributed by atoms with E-state index in [0.717, 1.165) is 27.5 Å². The number of aromatic amines is 1. The molecular formula is C23H21F3N2O. The first-order valence-corrected chi connectivity index (χ1v) is 9.45. The number of H-pyrrole nitrogens is 1. The van der Waals surface area contributed by atoms with E-state index in [0.29, 0.717) is 29.9 Å². The van der Waals surface area contributed by atoms with Crippen molar-refractivity contribution in [1.82, 2.24) is 9.97 Å². The number of aromatic nitrogens is 2. The van der Waals surface area contributed by atoms with Crippen LogP contribution in [0.25, 0.3) is 33.1 Å². The lowest BCUT2D eigenvalue weighted by atomic mass is 9.93. The topological polar surface area (TPSA) is 37.9 Å². The third kappa shape index (κ3) is 3.49. The molecule has 0 fully saturated rings. The molecule has 0 radical (unpaired) electrons. The summed E-state index contributed by atoms with van der Waals surface area (Å²) in [5.41, 5.74) is 3.72. The molecule has 6 heteroatoms. The molecule has 0 saturated heterocycles. The van der Waals surface area contributed by atoms with E-state index >= 15 is 0 Å². The highest BCUT2D eigenvalue weighted by Gasteiger charge is 2.34. The number of rotatable bonds is 4. The molecule has 0 aliphatic rings. The summed E-state index contributed by atoms with van der Waals surface area (Å²) in [5, 5.41) is 1.58. The van der Waals surface area contributed by atoms with Crippen LogP contribution < -0.4 is 0 Å². The zero-order valence-electron chi connectivity index (χ0n) is 16.4. The molecular weight excluding hydrogens is 377 g/mol. The summed E-state index contributed by atoms with van der Waals surface area (Å²) in [4.78, 5) is 7.50. The van der Waals surface area contributed by atoms with Crippen LogP contribution in [0.15, 0.2) is 42.6 Å². The average Bonchev–Trinajstić information content (AvgIpc) is 3.05. The number of nitrogens with one attached hydrogen (secondary N) is 1. The molecule has 0 aliphatic carbocycles. The van der Waals surface area contributed by atoms with Gasteiger partial charge < -0.3 is 9.72 Å². The van der Waals surface area contributed by atoms with Gasteiger partial charge in [-0.15, -0.1) is 0 Å². The summed E-state index contributed by atoms with van der Waals surface area (Å²) in [7, 11) is 0. The number of hydrogen-bond acceptors (Lipinski definition) is 2. The number of fused-ring (bicyclic) bond motifs is 3. The summed E-state index contributed by atoms with van der Waals surface area (Å²) >= 11 is 0. The van der Waals surface area contributed by atoms with Gasteiger partial charge in [-0.2, -0.15) is 13.2 Å². The van der Waals surface area contributed by atoms with Crippen molar-refractivity contribution in [2.75, 3.05) is 6.61 Å². The fourth-order valence-electron chi connectivity index (χ4n) is 3.77. The van der Waals surface area contributed by atoms with Crippen LogP contribution in [-0.2, 0) is 17.5 Å². The number of hydrogen-bond donors (Lipinski definition) is 1. The molecule has 29 heavy (non-hydrogen) atoms. The van der Waals surface area contributed by atoms with Crippen molar-refractivity contribution in [1.29, 1.82) is 0 Å². The summed E-state index contributed by atoms with van der Waals surface area (Å²) in [6, 6.07) is 10.7. The van der Waals surface area contributed by atoms with Crippen molar-refractivity contribution in [2.24, 2.45) is 0 Å². The predicted octanol–water partition coefficient (Wildman–Crippen LogP) is 6.56. The molecule has 2 heterocycles. The number of ether oxygens (including phenoxy) is 1. The standard InChI is InChI=1S/C23H21F3N2O/c1-4-29-12-15-6-5-7-16(9-15)17-10-19(23(24,25)26)14(3)21-20(17)18-8-13(2)11-27-22(18)28-21/h5-11H,4,12H2,1-3H3,(H,27,28). The third-order valence-corrected chi connectivity index (χ3v) is 5.14. The van der Waals surface area contributed by atoms with Gasteiger partial charge >= 0.3 is 6.18 Å². The van der Waals surface area contributed by atoms with Gasteiger partial charge in [0.2, 0.25) is 0 Å². The van der Waals surface area contributed by atoms with Crippen molar-refractivity contribution < 1.29 is 17.9 Å². The van der Waals surface area contributed by atoms with Crippen molar-refractivity contribution >= 4 is 21.9 Å². The molecule has 0 spiro atoms. The van der Waals surface area contributed by atoms with Crippen molar-refractivity contribution in [2.45, 2.75) is 33.6 Å². The van der Waals surface area contributed by atoms with Crippen LogP contribution in [0.1, 0.15) is 29.2 Å². The number of benzene rings is 2. The van der Waals surface area contributed by atoms with Gasteiger partial charge in [-0.05, 0) is 66.8 Å². The van der Waals surface area contributed by atoms with Crippen LogP contribution in [-0.4, -0.2) is 16.6 Å². The Morgan fingerprint density at radius 2 is 1.90 bits per heavy atom. The number of pyridine rings is 1. The first-order chi connectivity index (χ1) is 13.8. The fraction of sp³-hybridized carbons (Fsp3) is 0.261. The van der Waals surface area contributed by atoms with Crippen LogP contribution in [0.4, 0.5) is 13.2 Å². The Hall–Kier alpha value is -2.86. The molecule has 1 N–H and O–H groups in total. The van der Waals surface area contributed by atoms with Gasteiger partial charge in [0, 0.05) is 23.6 Å². The maximum Gasteiger partial charge on any atom is 0.416 e. The summed E-state index contributed by atoms with van der Waals surface area (Å²) in [6.45, 7) is 6.32.